The number of β-amino-alcohol motifs (C(OH)–C–C–N with tert-alkyl or cyclic N) is 1. The number of aliphatic hydroxyl groups is 1. The van der Waals surface area contributed by atoms with Crippen LogP contribution in [-0.2, 0) is 4.79 Å². The van der Waals surface area contributed by atoms with Crippen molar-refractivity contribution in [3.8, 4) is 0 Å². The minimum absolute atomic E-state index is 0.0759. The first-order chi connectivity index (χ1) is 7.31. The van der Waals surface area contributed by atoms with Gasteiger partial charge in [-0.3, -0.25) is 4.79 Å². The molecule has 1 saturated heterocycles. The summed E-state index contributed by atoms with van der Waals surface area (Å²) in [6.45, 7) is 7.54. The first-order valence-electron chi connectivity index (χ1n) is 5.59. The molecule has 0 aromatic carbocycles. The van der Waals surface area contributed by atoms with E-state index in [1.54, 1.807) is 23.7 Å². The summed E-state index contributed by atoms with van der Waals surface area (Å²) in [4.78, 5) is 13.6. The van der Waals surface area contributed by atoms with Crippen molar-refractivity contribution in [2.45, 2.75) is 37.7 Å². The van der Waals surface area contributed by atoms with E-state index >= 15 is 0 Å². The second kappa shape index (κ2) is 5.38. The molecule has 5 heteroatoms. The summed E-state index contributed by atoms with van der Waals surface area (Å²) in [5, 5.41) is 12.8. The van der Waals surface area contributed by atoms with Gasteiger partial charge in [0, 0.05) is 24.9 Å². The average molecular weight is 246 g/mol. The van der Waals surface area contributed by atoms with Gasteiger partial charge in [0.05, 0.1) is 17.9 Å². The molecule has 1 amide bonds. The molecule has 0 aromatic heterocycles. The van der Waals surface area contributed by atoms with Crippen LogP contribution in [0.3, 0.4) is 0 Å². The summed E-state index contributed by atoms with van der Waals surface area (Å²) in [5.41, 5.74) is 0. The van der Waals surface area contributed by atoms with E-state index in [-0.39, 0.29) is 16.7 Å². The molecule has 0 saturated carbocycles. The van der Waals surface area contributed by atoms with Crippen LogP contribution in [0.4, 0.5) is 0 Å². The number of rotatable bonds is 3. The standard InChI is InChI=1S/C11H22N2O2S/c1-11(2,3)16-7-10(15)13(4)8-5-12-6-9(8)14/h8-9,12,14H,5-7H2,1-4H3/t8-,9-/m0/s1. The molecule has 1 rings (SSSR count). The Bertz CT molecular complexity index is 253. The maximum Gasteiger partial charge on any atom is 0.232 e. The molecule has 1 fully saturated rings. The Balaban J connectivity index is 2.41. The van der Waals surface area contributed by atoms with E-state index in [9.17, 15) is 9.90 Å². The Morgan fingerprint density at radius 3 is 2.56 bits per heavy atom. The number of thioether (sulfide) groups is 1. The van der Waals surface area contributed by atoms with Crippen LogP contribution in [0.15, 0.2) is 0 Å². The highest BCUT2D eigenvalue weighted by Crippen LogP contribution is 2.23. The Kier molecular flexibility index (Phi) is 4.64. The van der Waals surface area contributed by atoms with Gasteiger partial charge in [0.25, 0.3) is 0 Å². The highest BCUT2D eigenvalue weighted by molar-refractivity contribution is 8.01. The smallest absolute Gasteiger partial charge is 0.232 e. The number of nitrogens with one attached hydrogen (secondary N) is 1. The maximum absolute atomic E-state index is 11.9. The fraction of sp³-hybridized carbons (Fsp3) is 0.909. The van der Waals surface area contributed by atoms with Gasteiger partial charge in [0.2, 0.25) is 5.91 Å². The summed E-state index contributed by atoms with van der Waals surface area (Å²) in [6, 6.07) is -0.0759. The molecule has 0 aromatic rings. The molecule has 16 heavy (non-hydrogen) atoms. The zero-order valence-corrected chi connectivity index (χ0v) is 11.3. The molecule has 94 valence electrons. The minimum Gasteiger partial charge on any atom is -0.390 e. The van der Waals surface area contributed by atoms with Crippen molar-refractivity contribution in [1.82, 2.24) is 10.2 Å². The summed E-state index contributed by atoms with van der Waals surface area (Å²) in [5.74, 6) is 0.566. The molecule has 0 bridgehead atoms. The first-order valence-corrected chi connectivity index (χ1v) is 6.58. The number of carbonyl (C=O) groups is 1. The summed E-state index contributed by atoms with van der Waals surface area (Å²) < 4.78 is 0.100. The van der Waals surface area contributed by atoms with Gasteiger partial charge in [-0.15, -0.1) is 11.8 Å². The van der Waals surface area contributed by atoms with Crippen molar-refractivity contribution < 1.29 is 9.90 Å². The predicted molar refractivity (Wildman–Crippen MR) is 67.6 cm³/mol. The summed E-state index contributed by atoms with van der Waals surface area (Å²) >= 11 is 1.64. The van der Waals surface area contributed by atoms with Crippen molar-refractivity contribution in [2.75, 3.05) is 25.9 Å². The highest BCUT2D eigenvalue weighted by Gasteiger charge is 2.31. The third-order valence-corrected chi connectivity index (χ3v) is 3.93. The van der Waals surface area contributed by atoms with Gasteiger partial charge in [-0.05, 0) is 0 Å². The van der Waals surface area contributed by atoms with E-state index in [0.29, 0.717) is 18.8 Å². The second-order valence-electron chi connectivity index (χ2n) is 5.20. The number of hydrogen-bond donors (Lipinski definition) is 2. The minimum atomic E-state index is -0.436. The SMILES string of the molecule is CN(C(=O)CSC(C)(C)C)[C@H]1CNC[C@@H]1O. The molecule has 4 nitrogen and oxygen atoms in total. The van der Waals surface area contributed by atoms with Gasteiger partial charge >= 0.3 is 0 Å². The van der Waals surface area contributed by atoms with E-state index in [2.05, 4.69) is 26.1 Å². The van der Waals surface area contributed by atoms with Crippen molar-refractivity contribution in [3.63, 3.8) is 0 Å². The van der Waals surface area contributed by atoms with E-state index in [4.69, 9.17) is 0 Å². The van der Waals surface area contributed by atoms with Crippen LogP contribution in [-0.4, -0.2) is 58.7 Å². The second-order valence-corrected chi connectivity index (χ2v) is 7.00. The lowest BCUT2D eigenvalue weighted by molar-refractivity contribution is -0.130. The van der Waals surface area contributed by atoms with Gasteiger partial charge in [-0.1, -0.05) is 20.8 Å². The predicted octanol–water partition coefficient (Wildman–Crippen LogP) is 0.309. The lowest BCUT2D eigenvalue weighted by Gasteiger charge is -2.27. The molecule has 2 N–H and O–H groups in total. The lowest BCUT2D eigenvalue weighted by Crippen LogP contribution is -2.45. The number of amides is 1. The van der Waals surface area contributed by atoms with Crippen LogP contribution in [0.2, 0.25) is 0 Å². The third kappa shape index (κ3) is 3.96. The fourth-order valence-corrected chi connectivity index (χ4v) is 2.37. The van der Waals surface area contributed by atoms with Gasteiger partial charge < -0.3 is 15.3 Å². The molecule has 0 spiro atoms. The lowest BCUT2D eigenvalue weighted by atomic mass is 10.2. The highest BCUT2D eigenvalue weighted by atomic mass is 32.2. The first kappa shape index (κ1) is 13.8. The maximum atomic E-state index is 11.9. The van der Waals surface area contributed by atoms with Crippen LogP contribution < -0.4 is 5.32 Å². The Morgan fingerprint density at radius 1 is 1.50 bits per heavy atom. The van der Waals surface area contributed by atoms with Gasteiger partial charge in [0.15, 0.2) is 0 Å². The Hall–Kier alpha value is -0.260. The van der Waals surface area contributed by atoms with Crippen LogP contribution >= 0.6 is 11.8 Å². The van der Waals surface area contributed by atoms with Crippen molar-refractivity contribution in [2.24, 2.45) is 0 Å². The topological polar surface area (TPSA) is 52.6 Å². The van der Waals surface area contributed by atoms with E-state index in [1.807, 2.05) is 0 Å². The van der Waals surface area contributed by atoms with Crippen LogP contribution in [0.5, 0.6) is 0 Å². The van der Waals surface area contributed by atoms with E-state index in [1.165, 1.54) is 0 Å². The van der Waals surface area contributed by atoms with Gasteiger partial charge in [-0.2, -0.15) is 0 Å². The number of aliphatic hydroxyl groups excluding tert-OH is 1. The summed E-state index contributed by atoms with van der Waals surface area (Å²) in [6.07, 6.45) is -0.436. The van der Waals surface area contributed by atoms with E-state index in [0.717, 1.165) is 0 Å². The molecular weight excluding hydrogens is 224 g/mol. The fourth-order valence-electron chi connectivity index (χ4n) is 1.61. The van der Waals surface area contributed by atoms with Gasteiger partial charge in [-0.25, -0.2) is 0 Å². The molecular formula is C11H22N2O2S. The zero-order chi connectivity index (χ0) is 12.3. The Labute approximate surface area is 102 Å². The van der Waals surface area contributed by atoms with Crippen molar-refractivity contribution >= 4 is 17.7 Å². The number of carbonyl (C=O) groups excluding carboxylic acids is 1. The zero-order valence-electron chi connectivity index (χ0n) is 10.5. The average Bonchev–Trinajstić information content (AvgIpc) is 2.58. The van der Waals surface area contributed by atoms with Crippen molar-refractivity contribution in [1.29, 1.82) is 0 Å². The molecule has 0 aliphatic carbocycles. The normalized spacial score (nSPS) is 25.8. The molecule has 1 aliphatic rings. The number of likely N-dealkylation sites (N-methyl/N-ethyl adjacent to an activating group) is 1. The largest absolute Gasteiger partial charge is 0.390 e. The number of nitrogens with zero attached hydrogens (tertiary/aromatic N) is 1. The Morgan fingerprint density at radius 2 is 2.12 bits per heavy atom. The van der Waals surface area contributed by atoms with Crippen LogP contribution in [0.1, 0.15) is 20.8 Å². The molecule has 0 radical (unpaired) electrons. The molecule has 2 atom stereocenters. The molecule has 1 heterocycles. The van der Waals surface area contributed by atoms with E-state index < -0.39 is 6.10 Å². The third-order valence-electron chi connectivity index (χ3n) is 2.67. The van der Waals surface area contributed by atoms with Crippen LogP contribution in [0.25, 0.3) is 0 Å². The van der Waals surface area contributed by atoms with Crippen LogP contribution in [0, 0.1) is 0 Å². The number of hydrogen-bond acceptors (Lipinski definition) is 4. The molecule has 0 unspecified atom stereocenters. The molecule has 1 aliphatic heterocycles. The quantitative estimate of drug-likeness (QED) is 0.752. The monoisotopic (exact) mass is 246 g/mol. The van der Waals surface area contributed by atoms with Crippen molar-refractivity contribution in [3.05, 3.63) is 0 Å². The van der Waals surface area contributed by atoms with Gasteiger partial charge in [0.1, 0.15) is 0 Å². The summed E-state index contributed by atoms with van der Waals surface area (Å²) in [7, 11) is 1.77.